The first-order chi connectivity index (χ1) is 10.2. The van der Waals surface area contributed by atoms with Gasteiger partial charge in [0.2, 0.25) is 0 Å². The van der Waals surface area contributed by atoms with Crippen LogP contribution in [-0.4, -0.2) is 13.1 Å². The maximum absolute atomic E-state index is 5.94. The van der Waals surface area contributed by atoms with E-state index in [1.165, 1.54) is 0 Å². The molecule has 2 aromatic carbocycles. The lowest BCUT2D eigenvalue weighted by molar-refractivity contribution is 0.185. The Bertz CT molecular complexity index is 617. The minimum atomic E-state index is 0. The molecule has 0 radical (unpaired) electrons. The van der Waals surface area contributed by atoms with Crippen molar-refractivity contribution in [2.24, 2.45) is 10.7 Å². The van der Waals surface area contributed by atoms with E-state index >= 15 is 0 Å². The zero-order chi connectivity index (χ0) is 15.1. The van der Waals surface area contributed by atoms with Crippen LogP contribution in [0.2, 0.25) is 0 Å². The van der Waals surface area contributed by atoms with E-state index in [2.05, 4.69) is 26.2 Å². The SMILES string of the molecule is COCc1ccccc1NC(N)=NCc1ccc(Br)cc1.I. The molecule has 0 aliphatic heterocycles. The number of hydrogen-bond acceptors (Lipinski definition) is 2. The Morgan fingerprint density at radius 2 is 1.86 bits per heavy atom. The van der Waals surface area contributed by atoms with Gasteiger partial charge in [-0.1, -0.05) is 46.3 Å². The van der Waals surface area contributed by atoms with Gasteiger partial charge in [0.25, 0.3) is 0 Å². The van der Waals surface area contributed by atoms with Crippen LogP contribution in [0.4, 0.5) is 5.69 Å². The topological polar surface area (TPSA) is 59.6 Å². The minimum absolute atomic E-state index is 0. The Morgan fingerprint density at radius 1 is 1.18 bits per heavy atom. The van der Waals surface area contributed by atoms with Crippen LogP contribution in [0.15, 0.2) is 58.0 Å². The van der Waals surface area contributed by atoms with Crippen molar-refractivity contribution >= 4 is 51.6 Å². The van der Waals surface area contributed by atoms with Gasteiger partial charge in [0, 0.05) is 22.8 Å². The number of para-hydroxylation sites is 1. The summed E-state index contributed by atoms with van der Waals surface area (Å²) in [5, 5.41) is 3.12. The highest BCUT2D eigenvalue weighted by Gasteiger charge is 2.02. The quantitative estimate of drug-likeness (QED) is 0.388. The highest BCUT2D eigenvalue weighted by atomic mass is 127. The number of halogens is 2. The molecule has 22 heavy (non-hydrogen) atoms. The number of rotatable bonds is 5. The Balaban J connectivity index is 0.00000242. The fourth-order valence-corrected chi connectivity index (χ4v) is 2.13. The van der Waals surface area contributed by atoms with Gasteiger partial charge in [0.05, 0.1) is 13.2 Å². The summed E-state index contributed by atoms with van der Waals surface area (Å²) in [6, 6.07) is 15.9. The molecular formula is C16H19BrIN3O. The number of hydrogen-bond donors (Lipinski definition) is 2. The van der Waals surface area contributed by atoms with Gasteiger partial charge in [-0.3, -0.25) is 0 Å². The van der Waals surface area contributed by atoms with E-state index in [1.54, 1.807) is 7.11 Å². The van der Waals surface area contributed by atoms with Gasteiger partial charge in [-0.05, 0) is 23.8 Å². The summed E-state index contributed by atoms with van der Waals surface area (Å²) in [4.78, 5) is 4.35. The van der Waals surface area contributed by atoms with Crippen LogP contribution in [-0.2, 0) is 17.9 Å². The van der Waals surface area contributed by atoms with Gasteiger partial charge in [0.1, 0.15) is 0 Å². The van der Waals surface area contributed by atoms with Gasteiger partial charge in [0.15, 0.2) is 5.96 Å². The number of anilines is 1. The lowest BCUT2D eigenvalue weighted by Gasteiger charge is -2.10. The number of nitrogens with zero attached hydrogens (tertiary/aromatic N) is 1. The number of nitrogens with two attached hydrogens (primary N) is 1. The fraction of sp³-hybridized carbons (Fsp3) is 0.188. The Kier molecular flexibility index (Phi) is 8.44. The molecule has 0 aliphatic carbocycles. The molecule has 0 atom stereocenters. The number of methoxy groups -OCH3 is 1. The zero-order valence-electron chi connectivity index (χ0n) is 12.3. The average Bonchev–Trinajstić information content (AvgIpc) is 2.49. The molecule has 0 aliphatic rings. The second-order valence-corrected chi connectivity index (χ2v) is 5.46. The summed E-state index contributed by atoms with van der Waals surface area (Å²) in [5.41, 5.74) is 9.00. The Labute approximate surface area is 156 Å². The molecule has 2 aromatic rings. The van der Waals surface area contributed by atoms with Crippen LogP contribution in [0.25, 0.3) is 0 Å². The van der Waals surface area contributed by atoms with Crippen LogP contribution < -0.4 is 11.1 Å². The molecule has 4 nitrogen and oxygen atoms in total. The zero-order valence-corrected chi connectivity index (χ0v) is 16.2. The molecule has 0 aromatic heterocycles. The first-order valence-corrected chi connectivity index (χ1v) is 7.36. The molecule has 0 heterocycles. The van der Waals surface area contributed by atoms with Crippen LogP contribution in [0.1, 0.15) is 11.1 Å². The first kappa shape index (κ1) is 18.9. The monoisotopic (exact) mass is 475 g/mol. The van der Waals surface area contributed by atoms with E-state index in [4.69, 9.17) is 10.5 Å². The van der Waals surface area contributed by atoms with E-state index < -0.39 is 0 Å². The normalized spacial score (nSPS) is 10.9. The molecule has 0 amide bonds. The summed E-state index contributed by atoms with van der Waals surface area (Å²) in [7, 11) is 1.67. The van der Waals surface area contributed by atoms with E-state index in [0.717, 1.165) is 21.3 Å². The van der Waals surface area contributed by atoms with E-state index in [0.29, 0.717) is 19.1 Å². The summed E-state index contributed by atoms with van der Waals surface area (Å²) < 4.78 is 6.22. The van der Waals surface area contributed by atoms with E-state index in [9.17, 15) is 0 Å². The lowest BCUT2D eigenvalue weighted by Crippen LogP contribution is -2.23. The van der Waals surface area contributed by atoms with Crippen LogP contribution in [0, 0.1) is 0 Å². The first-order valence-electron chi connectivity index (χ1n) is 6.57. The molecular weight excluding hydrogens is 457 g/mol. The third-order valence-electron chi connectivity index (χ3n) is 2.93. The molecule has 0 saturated carbocycles. The summed E-state index contributed by atoms with van der Waals surface area (Å²) in [6.07, 6.45) is 0. The Hall–Kier alpha value is -1.12. The number of benzene rings is 2. The third-order valence-corrected chi connectivity index (χ3v) is 3.45. The van der Waals surface area contributed by atoms with Crippen molar-refractivity contribution in [3.05, 3.63) is 64.1 Å². The van der Waals surface area contributed by atoms with Crippen molar-refractivity contribution in [2.75, 3.05) is 12.4 Å². The lowest BCUT2D eigenvalue weighted by atomic mass is 10.2. The van der Waals surface area contributed by atoms with Crippen molar-refractivity contribution in [1.82, 2.24) is 0 Å². The van der Waals surface area contributed by atoms with Crippen LogP contribution in [0.3, 0.4) is 0 Å². The second kappa shape index (κ2) is 9.81. The van der Waals surface area contributed by atoms with E-state index in [1.807, 2.05) is 48.5 Å². The maximum Gasteiger partial charge on any atom is 0.193 e. The van der Waals surface area contributed by atoms with Gasteiger partial charge >= 0.3 is 0 Å². The van der Waals surface area contributed by atoms with Gasteiger partial charge in [-0.2, -0.15) is 0 Å². The molecule has 0 unspecified atom stereocenters. The summed E-state index contributed by atoms with van der Waals surface area (Å²) in [5.74, 6) is 0.390. The maximum atomic E-state index is 5.94. The van der Waals surface area contributed by atoms with Gasteiger partial charge < -0.3 is 15.8 Å². The number of nitrogens with one attached hydrogen (secondary N) is 1. The van der Waals surface area contributed by atoms with Crippen molar-refractivity contribution in [3.8, 4) is 0 Å². The average molecular weight is 476 g/mol. The molecule has 3 N–H and O–H groups in total. The number of guanidine groups is 1. The standard InChI is InChI=1S/C16H18BrN3O.HI/c1-21-11-13-4-2-3-5-15(13)20-16(18)19-10-12-6-8-14(17)9-7-12;/h2-9H,10-11H2,1H3,(H3,18,19,20);1H. The van der Waals surface area contributed by atoms with Crippen molar-refractivity contribution in [2.45, 2.75) is 13.2 Å². The molecule has 0 spiro atoms. The molecule has 2 rings (SSSR count). The molecule has 0 fully saturated rings. The van der Waals surface area contributed by atoms with Gasteiger partial charge in [-0.15, -0.1) is 24.0 Å². The fourth-order valence-electron chi connectivity index (χ4n) is 1.87. The minimum Gasteiger partial charge on any atom is -0.380 e. The number of aliphatic imine (C=N–C) groups is 1. The highest BCUT2D eigenvalue weighted by molar-refractivity contribution is 14.0. The van der Waals surface area contributed by atoms with Crippen LogP contribution >= 0.6 is 39.9 Å². The highest BCUT2D eigenvalue weighted by Crippen LogP contribution is 2.15. The predicted molar refractivity (Wildman–Crippen MR) is 106 cm³/mol. The molecule has 118 valence electrons. The smallest absolute Gasteiger partial charge is 0.193 e. The number of ether oxygens (including phenoxy) is 1. The molecule has 0 bridgehead atoms. The van der Waals surface area contributed by atoms with E-state index in [-0.39, 0.29) is 24.0 Å². The van der Waals surface area contributed by atoms with Crippen molar-refractivity contribution in [3.63, 3.8) is 0 Å². The summed E-state index contributed by atoms with van der Waals surface area (Å²) in [6.45, 7) is 1.07. The van der Waals surface area contributed by atoms with Gasteiger partial charge in [-0.25, -0.2) is 4.99 Å². The largest absolute Gasteiger partial charge is 0.380 e. The predicted octanol–water partition coefficient (Wildman–Crippen LogP) is 4.14. The second-order valence-electron chi connectivity index (χ2n) is 4.54. The summed E-state index contributed by atoms with van der Waals surface area (Å²) >= 11 is 3.41. The van der Waals surface area contributed by atoms with Crippen molar-refractivity contribution < 1.29 is 4.74 Å². The van der Waals surface area contributed by atoms with Crippen LogP contribution in [0.5, 0.6) is 0 Å². The third kappa shape index (κ3) is 5.94. The molecule has 6 heteroatoms. The molecule has 0 saturated heterocycles. The van der Waals surface area contributed by atoms with Crippen molar-refractivity contribution in [1.29, 1.82) is 0 Å². The Morgan fingerprint density at radius 3 is 2.55 bits per heavy atom.